The van der Waals surface area contributed by atoms with Gasteiger partial charge in [0.05, 0.1) is 4.90 Å². The summed E-state index contributed by atoms with van der Waals surface area (Å²) in [5.41, 5.74) is 4.68. The molecule has 146 valence electrons. The molecule has 28 heavy (non-hydrogen) atoms. The minimum Gasteiger partial charge on any atom is -0.307 e. The largest absolute Gasteiger partial charge is 0.307 e. The van der Waals surface area contributed by atoms with Gasteiger partial charge in [0.25, 0.3) is 15.6 Å². The van der Waals surface area contributed by atoms with Crippen LogP contribution in [-0.2, 0) is 10.0 Å². The Morgan fingerprint density at radius 3 is 2.18 bits per heavy atom. The van der Waals surface area contributed by atoms with E-state index in [-0.39, 0.29) is 5.56 Å². The summed E-state index contributed by atoms with van der Waals surface area (Å²) in [6, 6.07) is 10.2. The van der Waals surface area contributed by atoms with E-state index in [4.69, 9.17) is 0 Å². The van der Waals surface area contributed by atoms with Crippen molar-refractivity contribution in [1.82, 2.24) is 9.97 Å². The molecule has 6 nitrogen and oxygen atoms in total. The van der Waals surface area contributed by atoms with Crippen LogP contribution >= 0.6 is 0 Å². The van der Waals surface area contributed by atoms with Gasteiger partial charge in [-0.05, 0) is 69.0 Å². The van der Waals surface area contributed by atoms with Crippen LogP contribution in [0.2, 0.25) is 0 Å². The fourth-order valence-corrected chi connectivity index (χ4v) is 4.90. The van der Waals surface area contributed by atoms with E-state index < -0.39 is 10.0 Å². The number of nitrogens with one attached hydrogen (secondary N) is 2. The lowest BCUT2D eigenvalue weighted by molar-refractivity contribution is 0.599. The number of aryl methyl sites for hydroxylation is 3. The van der Waals surface area contributed by atoms with Crippen LogP contribution in [0.1, 0.15) is 27.9 Å². The molecule has 3 rings (SSSR count). The summed E-state index contributed by atoms with van der Waals surface area (Å²) < 4.78 is 28.9. The smallest absolute Gasteiger partial charge is 0.262 e. The monoisotopic (exact) mass is 397 g/mol. The number of benzene rings is 2. The molecule has 0 unspecified atom stereocenters. The Labute approximate surface area is 164 Å². The average Bonchev–Trinajstić information content (AvgIpc) is 2.59. The van der Waals surface area contributed by atoms with Gasteiger partial charge in [0, 0.05) is 23.0 Å². The predicted molar refractivity (Wildman–Crippen MR) is 111 cm³/mol. The molecular weight excluding hydrogens is 374 g/mol. The quantitative estimate of drug-likeness (QED) is 0.701. The van der Waals surface area contributed by atoms with Crippen LogP contribution in [0.4, 0.5) is 5.69 Å². The highest BCUT2D eigenvalue weighted by molar-refractivity contribution is 7.92. The van der Waals surface area contributed by atoms with Crippen molar-refractivity contribution in [2.24, 2.45) is 0 Å². The summed E-state index contributed by atoms with van der Waals surface area (Å²) in [5, 5.41) is 0. The molecule has 0 aliphatic rings. The van der Waals surface area contributed by atoms with Crippen LogP contribution in [0.25, 0.3) is 11.4 Å². The number of aromatic amines is 1. The van der Waals surface area contributed by atoms with Gasteiger partial charge in [-0.2, -0.15) is 0 Å². The lowest BCUT2D eigenvalue weighted by Crippen LogP contribution is -2.17. The molecule has 0 amide bonds. The number of rotatable bonds is 4. The van der Waals surface area contributed by atoms with E-state index in [2.05, 4.69) is 14.7 Å². The number of hydrogen-bond acceptors (Lipinski definition) is 4. The summed E-state index contributed by atoms with van der Waals surface area (Å²) in [5.74, 6) is 0.393. The standard InChI is InChI=1S/C21H23N3O3S/c1-12-9-13(2)16(5)20(15(12)4)28(26,27)24-18-8-6-7-17(11-18)21-22-14(3)10-19(25)23-21/h6-11,24H,1-5H3,(H,22,23,25). The highest BCUT2D eigenvalue weighted by Gasteiger charge is 2.22. The highest BCUT2D eigenvalue weighted by Crippen LogP contribution is 2.28. The summed E-state index contributed by atoms with van der Waals surface area (Å²) in [6.45, 7) is 9.17. The third-order valence-electron chi connectivity index (χ3n) is 4.82. The number of sulfonamides is 1. The highest BCUT2D eigenvalue weighted by atomic mass is 32.2. The molecule has 2 aromatic carbocycles. The Kier molecular flexibility index (Phi) is 5.12. The number of anilines is 1. The molecule has 0 saturated heterocycles. The van der Waals surface area contributed by atoms with Crippen molar-refractivity contribution >= 4 is 15.7 Å². The third-order valence-corrected chi connectivity index (χ3v) is 6.48. The maximum absolute atomic E-state index is 13.1. The van der Waals surface area contributed by atoms with Crippen molar-refractivity contribution in [3.05, 3.63) is 74.7 Å². The van der Waals surface area contributed by atoms with Crippen LogP contribution in [0, 0.1) is 34.6 Å². The predicted octanol–water partition coefficient (Wildman–Crippen LogP) is 3.78. The van der Waals surface area contributed by atoms with E-state index in [9.17, 15) is 13.2 Å². The first kappa shape index (κ1) is 19.8. The van der Waals surface area contributed by atoms with E-state index >= 15 is 0 Å². The summed E-state index contributed by atoms with van der Waals surface area (Å²) in [7, 11) is -3.78. The van der Waals surface area contributed by atoms with Gasteiger partial charge in [0.1, 0.15) is 5.82 Å². The zero-order chi connectivity index (χ0) is 20.6. The average molecular weight is 398 g/mol. The molecule has 0 spiro atoms. The van der Waals surface area contributed by atoms with Crippen LogP contribution < -0.4 is 10.3 Å². The lowest BCUT2D eigenvalue weighted by atomic mass is 10.0. The van der Waals surface area contributed by atoms with Crippen molar-refractivity contribution in [1.29, 1.82) is 0 Å². The Morgan fingerprint density at radius 1 is 0.929 bits per heavy atom. The Hall–Kier alpha value is -2.93. The maximum atomic E-state index is 13.1. The number of H-pyrrole nitrogens is 1. The lowest BCUT2D eigenvalue weighted by Gasteiger charge is -2.17. The number of nitrogens with zero attached hydrogens (tertiary/aromatic N) is 1. The summed E-state index contributed by atoms with van der Waals surface area (Å²) >= 11 is 0. The van der Waals surface area contributed by atoms with Gasteiger partial charge in [0.15, 0.2) is 0 Å². The van der Waals surface area contributed by atoms with Crippen LogP contribution in [-0.4, -0.2) is 18.4 Å². The van der Waals surface area contributed by atoms with Crippen LogP contribution in [0.15, 0.2) is 46.1 Å². The van der Waals surface area contributed by atoms with Gasteiger partial charge in [-0.15, -0.1) is 0 Å². The number of hydrogen-bond donors (Lipinski definition) is 2. The van der Waals surface area contributed by atoms with Crippen molar-refractivity contribution in [3.63, 3.8) is 0 Å². The minimum atomic E-state index is -3.78. The van der Waals surface area contributed by atoms with E-state index in [1.807, 2.05) is 33.8 Å². The van der Waals surface area contributed by atoms with E-state index in [0.717, 1.165) is 22.3 Å². The first-order valence-electron chi connectivity index (χ1n) is 8.87. The second-order valence-corrected chi connectivity index (χ2v) is 8.63. The van der Waals surface area contributed by atoms with Crippen molar-refractivity contribution < 1.29 is 8.42 Å². The minimum absolute atomic E-state index is 0.255. The summed E-state index contributed by atoms with van der Waals surface area (Å²) in [6.07, 6.45) is 0. The molecule has 0 fully saturated rings. The van der Waals surface area contributed by atoms with E-state index in [1.165, 1.54) is 6.07 Å². The molecule has 1 aromatic heterocycles. The van der Waals surface area contributed by atoms with E-state index in [1.54, 1.807) is 31.2 Å². The van der Waals surface area contributed by atoms with Crippen LogP contribution in [0.3, 0.4) is 0 Å². The summed E-state index contributed by atoms with van der Waals surface area (Å²) in [4.78, 5) is 19.0. The van der Waals surface area contributed by atoms with Crippen molar-refractivity contribution in [2.75, 3.05) is 4.72 Å². The molecule has 0 bridgehead atoms. The Balaban J connectivity index is 2.04. The molecule has 0 atom stereocenters. The van der Waals surface area contributed by atoms with Crippen LogP contribution in [0.5, 0.6) is 0 Å². The normalized spacial score (nSPS) is 11.5. The molecule has 7 heteroatoms. The zero-order valence-electron chi connectivity index (χ0n) is 16.5. The number of aromatic nitrogens is 2. The molecule has 0 saturated carbocycles. The SMILES string of the molecule is Cc1cc(=O)[nH]c(-c2cccc(NS(=O)(=O)c3c(C)c(C)cc(C)c3C)c2)n1. The van der Waals surface area contributed by atoms with Gasteiger partial charge < -0.3 is 4.98 Å². The second-order valence-electron chi connectivity index (χ2n) is 7.01. The molecular formula is C21H23N3O3S. The fourth-order valence-electron chi connectivity index (χ4n) is 3.24. The van der Waals surface area contributed by atoms with Crippen molar-refractivity contribution in [2.45, 2.75) is 39.5 Å². The molecule has 2 N–H and O–H groups in total. The Morgan fingerprint density at radius 2 is 1.57 bits per heavy atom. The van der Waals surface area contributed by atoms with Gasteiger partial charge in [-0.3, -0.25) is 9.52 Å². The second kappa shape index (κ2) is 7.24. The molecule has 0 aliphatic heterocycles. The topological polar surface area (TPSA) is 91.9 Å². The van der Waals surface area contributed by atoms with Gasteiger partial charge >= 0.3 is 0 Å². The first-order chi connectivity index (χ1) is 13.1. The third kappa shape index (κ3) is 3.84. The zero-order valence-corrected chi connectivity index (χ0v) is 17.4. The molecule has 0 aliphatic carbocycles. The van der Waals surface area contributed by atoms with E-state index in [0.29, 0.717) is 27.7 Å². The van der Waals surface area contributed by atoms with Gasteiger partial charge in [-0.1, -0.05) is 18.2 Å². The molecule has 3 aromatic rings. The molecule has 0 radical (unpaired) electrons. The Bertz CT molecular complexity index is 1200. The first-order valence-corrected chi connectivity index (χ1v) is 10.4. The van der Waals surface area contributed by atoms with Gasteiger partial charge in [0.2, 0.25) is 0 Å². The van der Waals surface area contributed by atoms with Gasteiger partial charge in [-0.25, -0.2) is 13.4 Å². The fraction of sp³-hybridized carbons (Fsp3) is 0.238. The maximum Gasteiger partial charge on any atom is 0.262 e. The van der Waals surface area contributed by atoms with Crippen molar-refractivity contribution in [3.8, 4) is 11.4 Å². The molecule has 1 heterocycles.